The van der Waals surface area contributed by atoms with Gasteiger partial charge in [-0.15, -0.1) is 11.8 Å². The van der Waals surface area contributed by atoms with Gasteiger partial charge in [-0.3, -0.25) is 9.59 Å². The van der Waals surface area contributed by atoms with Crippen LogP contribution < -0.4 is 5.32 Å². The second-order valence-electron chi connectivity index (χ2n) is 3.70. The van der Waals surface area contributed by atoms with Crippen molar-refractivity contribution in [3.63, 3.8) is 0 Å². The summed E-state index contributed by atoms with van der Waals surface area (Å²) in [6.45, 7) is 3.66. The van der Waals surface area contributed by atoms with E-state index in [1.807, 2.05) is 31.2 Å². The molecular formula is C12H15NO3S. The zero-order valence-corrected chi connectivity index (χ0v) is 10.6. The van der Waals surface area contributed by atoms with Gasteiger partial charge in [0.15, 0.2) is 0 Å². The van der Waals surface area contributed by atoms with Crippen LogP contribution in [0.5, 0.6) is 0 Å². The molecule has 0 fully saturated rings. The monoisotopic (exact) mass is 253 g/mol. The molecule has 0 saturated carbocycles. The first-order chi connectivity index (χ1) is 7.99. The van der Waals surface area contributed by atoms with Crippen molar-refractivity contribution in [2.75, 3.05) is 11.1 Å². The van der Waals surface area contributed by atoms with Gasteiger partial charge in [0.05, 0.1) is 11.0 Å². The van der Waals surface area contributed by atoms with Crippen molar-refractivity contribution in [2.45, 2.75) is 19.1 Å². The van der Waals surface area contributed by atoms with Gasteiger partial charge >= 0.3 is 5.97 Å². The lowest BCUT2D eigenvalue weighted by Crippen LogP contribution is -2.23. The van der Waals surface area contributed by atoms with Crippen LogP contribution >= 0.6 is 11.8 Å². The van der Waals surface area contributed by atoms with E-state index in [4.69, 9.17) is 5.11 Å². The van der Waals surface area contributed by atoms with Crippen LogP contribution in [0.2, 0.25) is 0 Å². The Kier molecular flexibility index (Phi) is 5.03. The van der Waals surface area contributed by atoms with Gasteiger partial charge in [0.2, 0.25) is 5.91 Å². The fraction of sp³-hybridized carbons (Fsp3) is 0.333. The quantitative estimate of drug-likeness (QED) is 0.843. The van der Waals surface area contributed by atoms with Crippen LogP contribution in [-0.2, 0) is 9.59 Å². The van der Waals surface area contributed by atoms with Gasteiger partial charge in [0, 0.05) is 5.69 Å². The highest BCUT2D eigenvalue weighted by Gasteiger charge is 2.14. The largest absolute Gasteiger partial charge is 0.481 e. The summed E-state index contributed by atoms with van der Waals surface area (Å²) < 4.78 is 0. The van der Waals surface area contributed by atoms with E-state index in [2.05, 4.69) is 5.32 Å². The Morgan fingerprint density at radius 1 is 1.35 bits per heavy atom. The van der Waals surface area contributed by atoms with Gasteiger partial charge in [-0.2, -0.15) is 0 Å². The number of aliphatic carboxylic acids is 1. The van der Waals surface area contributed by atoms with E-state index in [0.717, 1.165) is 23.0 Å². The third-order valence-electron chi connectivity index (χ3n) is 2.15. The summed E-state index contributed by atoms with van der Waals surface area (Å²) in [6.07, 6.45) is 0. The molecule has 0 aromatic heterocycles. The Morgan fingerprint density at radius 2 is 1.94 bits per heavy atom. The van der Waals surface area contributed by atoms with Crippen LogP contribution in [0.25, 0.3) is 0 Å². The molecule has 1 aromatic rings. The normalized spacial score (nSPS) is 11.9. The third kappa shape index (κ3) is 4.91. The number of carboxylic acid groups (broad SMARTS) is 1. The molecule has 1 unspecified atom stereocenters. The minimum absolute atomic E-state index is 0.0670. The van der Waals surface area contributed by atoms with Crippen molar-refractivity contribution in [2.24, 2.45) is 0 Å². The van der Waals surface area contributed by atoms with Gasteiger partial charge in [-0.05, 0) is 26.0 Å². The summed E-state index contributed by atoms with van der Waals surface area (Å²) >= 11 is 1.10. The fourth-order valence-electron chi connectivity index (χ4n) is 1.15. The molecule has 0 bridgehead atoms. The van der Waals surface area contributed by atoms with Crippen LogP contribution in [0.4, 0.5) is 5.69 Å². The molecule has 2 N–H and O–H groups in total. The minimum Gasteiger partial charge on any atom is -0.481 e. The fourth-order valence-corrected chi connectivity index (χ4v) is 1.76. The van der Waals surface area contributed by atoms with Crippen LogP contribution in [0.15, 0.2) is 24.3 Å². The molecule has 1 amide bonds. The smallest absolute Gasteiger partial charge is 0.313 e. The Morgan fingerprint density at radius 3 is 2.47 bits per heavy atom. The van der Waals surface area contributed by atoms with Crippen LogP contribution in [-0.4, -0.2) is 28.0 Å². The summed E-state index contributed by atoms with van der Waals surface area (Å²) in [7, 11) is 0. The maximum atomic E-state index is 11.7. The number of amides is 1. The average molecular weight is 253 g/mol. The summed E-state index contributed by atoms with van der Waals surface area (Å²) in [5.74, 6) is -1.16. The van der Waals surface area contributed by atoms with E-state index in [1.54, 1.807) is 6.92 Å². The number of carboxylic acids is 1. The topological polar surface area (TPSA) is 66.4 Å². The van der Waals surface area contributed by atoms with E-state index in [1.165, 1.54) is 0 Å². The minimum atomic E-state index is -0.912. The lowest BCUT2D eigenvalue weighted by atomic mass is 10.2. The molecule has 1 aromatic carbocycles. The number of aryl methyl sites for hydroxylation is 1. The number of hydrogen-bond donors (Lipinski definition) is 2. The molecule has 0 radical (unpaired) electrons. The number of rotatable bonds is 5. The summed E-state index contributed by atoms with van der Waals surface area (Å²) in [6, 6.07) is 7.46. The molecule has 0 saturated heterocycles. The van der Waals surface area contributed by atoms with Crippen LogP contribution in [0.3, 0.4) is 0 Å². The highest BCUT2D eigenvalue weighted by molar-refractivity contribution is 8.01. The Balaban J connectivity index is 2.48. The zero-order chi connectivity index (χ0) is 12.8. The zero-order valence-electron chi connectivity index (χ0n) is 9.77. The van der Waals surface area contributed by atoms with Crippen molar-refractivity contribution in [1.82, 2.24) is 0 Å². The first kappa shape index (κ1) is 13.6. The van der Waals surface area contributed by atoms with Gasteiger partial charge < -0.3 is 10.4 Å². The number of benzene rings is 1. The van der Waals surface area contributed by atoms with E-state index >= 15 is 0 Å². The average Bonchev–Trinajstić information content (AvgIpc) is 2.28. The maximum Gasteiger partial charge on any atom is 0.313 e. The molecule has 1 atom stereocenters. The van der Waals surface area contributed by atoms with Gasteiger partial charge in [0.1, 0.15) is 0 Å². The van der Waals surface area contributed by atoms with Gasteiger partial charge in [-0.25, -0.2) is 0 Å². The first-order valence-corrected chi connectivity index (χ1v) is 6.25. The van der Waals surface area contributed by atoms with Crippen molar-refractivity contribution < 1.29 is 14.7 Å². The number of nitrogens with one attached hydrogen (secondary N) is 1. The molecule has 1 rings (SSSR count). The van der Waals surface area contributed by atoms with E-state index in [-0.39, 0.29) is 16.9 Å². The van der Waals surface area contributed by atoms with Crippen molar-refractivity contribution in [3.8, 4) is 0 Å². The van der Waals surface area contributed by atoms with Gasteiger partial charge in [-0.1, -0.05) is 17.7 Å². The van der Waals surface area contributed by atoms with E-state index in [9.17, 15) is 9.59 Å². The van der Waals surface area contributed by atoms with E-state index < -0.39 is 5.97 Å². The number of thioether (sulfide) groups is 1. The number of anilines is 1. The standard InChI is InChI=1S/C12H15NO3S/c1-8-3-5-10(6-4-8)13-12(16)9(2)17-7-11(14)15/h3-6,9H,7H2,1-2H3,(H,13,16)(H,14,15). The highest BCUT2D eigenvalue weighted by Crippen LogP contribution is 2.14. The summed E-state index contributed by atoms with van der Waals surface area (Å²) in [4.78, 5) is 22.1. The molecule has 0 heterocycles. The van der Waals surface area contributed by atoms with E-state index in [0.29, 0.717) is 0 Å². The molecule has 0 aliphatic carbocycles. The highest BCUT2D eigenvalue weighted by atomic mass is 32.2. The Hall–Kier alpha value is -1.49. The molecule has 0 aliphatic rings. The molecular weight excluding hydrogens is 238 g/mol. The molecule has 0 aliphatic heterocycles. The molecule has 5 heteroatoms. The molecule has 92 valence electrons. The Labute approximate surface area is 104 Å². The summed E-state index contributed by atoms with van der Waals surface area (Å²) in [5, 5.41) is 10.9. The number of carbonyl (C=O) groups excluding carboxylic acids is 1. The predicted molar refractivity (Wildman–Crippen MR) is 69.4 cm³/mol. The Bertz CT molecular complexity index is 403. The number of carbonyl (C=O) groups is 2. The van der Waals surface area contributed by atoms with Crippen molar-refractivity contribution in [3.05, 3.63) is 29.8 Å². The first-order valence-electron chi connectivity index (χ1n) is 5.20. The van der Waals surface area contributed by atoms with Crippen molar-refractivity contribution >= 4 is 29.3 Å². The summed E-state index contributed by atoms with van der Waals surface area (Å²) in [5.41, 5.74) is 1.85. The number of hydrogen-bond acceptors (Lipinski definition) is 3. The van der Waals surface area contributed by atoms with Crippen LogP contribution in [0.1, 0.15) is 12.5 Å². The maximum absolute atomic E-state index is 11.7. The van der Waals surface area contributed by atoms with Gasteiger partial charge in [0.25, 0.3) is 0 Å². The van der Waals surface area contributed by atoms with Crippen molar-refractivity contribution in [1.29, 1.82) is 0 Å². The second-order valence-corrected chi connectivity index (χ2v) is 5.03. The molecule has 4 nitrogen and oxygen atoms in total. The predicted octanol–water partition coefficient (Wildman–Crippen LogP) is 2.14. The molecule has 17 heavy (non-hydrogen) atoms. The van der Waals surface area contributed by atoms with Crippen LogP contribution in [0, 0.1) is 6.92 Å². The third-order valence-corrected chi connectivity index (χ3v) is 3.27. The lowest BCUT2D eigenvalue weighted by Gasteiger charge is -2.10. The molecule has 0 spiro atoms. The SMILES string of the molecule is Cc1ccc(NC(=O)C(C)SCC(=O)O)cc1. The lowest BCUT2D eigenvalue weighted by molar-refractivity contribution is -0.133. The second kappa shape index (κ2) is 6.30.